The molecule has 1 aliphatic rings. The molecule has 0 radical (unpaired) electrons. The van der Waals surface area contributed by atoms with Gasteiger partial charge in [0.15, 0.2) is 0 Å². The predicted molar refractivity (Wildman–Crippen MR) is 34.0 cm³/mol. The summed E-state index contributed by atoms with van der Waals surface area (Å²) in [5.41, 5.74) is 5.44. The highest BCUT2D eigenvalue weighted by molar-refractivity contribution is 8.00. The van der Waals surface area contributed by atoms with Crippen LogP contribution in [0.2, 0.25) is 0 Å². The Morgan fingerprint density at radius 1 is 1.88 bits per heavy atom. The highest BCUT2D eigenvalue weighted by Crippen LogP contribution is 2.08. The minimum absolute atomic E-state index is 0.380. The van der Waals surface area contributed by atoms with Crippen molar-refractivity contribution in [2.45, 2.75) is 0 Å². The van der Waals surface area contributed by atoms with E-state index >= 15 is 0 Å². The van der Waals surface area contributed by atoms with Crippen molar-refractivity contribution in [2.75, 3.05) is 11.6 Å². The molecule has 1 heterocycles. The molecule has 0 spiro atoms. The molecule has 2 N–H and O–H groups in total. The number of primary amides is 1. The maximum absolute atomic E-state index is 10.3. The van der Waals surface area contributed by atoms with Gasteiger partial charge in [0.05, 0.1) is 5.88 Å². The van der Waals surface area contributed by atoms with Crippen LogP contribution in [0, 0.1) is 0 Å². The molecule has 3 nitrogen and oxygen atoms in total. The summed E-state index contributed by atoms with van der Waals surface area (Å²) in [5.74, 6) is 1.00. The first-order chi connectivity index (χ1) is 3.80. The van der Waals surface area contributed by atoms with Gasteiger partial charge in [-0.3, -0.25) is 9.79 Å². The van der Waals surface area contributed by atoms with E-state index < -0.39 is 0 Å². The summed E-state index contributed by atoms with van der Waals surface area (Å²) in [7, 11) is 0. The molecule has 1 aliphatic heterocycles. The number of carbonyl (C=O) groups is 1. The van der Waals surface area contributed by atoms with E-state index in [1.165, 1.54) is 0 Å². The molecule has 0 aromatic rings. The second-order valence-electron chi connectivity index (χ2n) is 1.45. The standard InChI is InChI=1S/C4H6N2OS/c5-4(7)3-1-8-2-6-3/h1-2H2,(H2,5,7). The highest BCUT2D eigenvalue weighted by atomic mass is 32.2. The monoisotopic (exact) mass is 130 g/mol. The molecule has 1 rings (SSSR count). The predicted octanol–water partition coefficient (Wildman–Crippen LogP) is -0.383. The van der Waals surface area contributed by atoms with E-state index in [2.05, 4.69) is 4.99 Å². The zero-order valence-corrected chi connectivity index (χ0v) is 5.07. The normalized spacial score (nSPS) is 18.2. The summed E-state index contributed by atoms with van der Waals surface area (Å²) >= 11 is 1.61. The van der Waals surface area contributed by atoms with Crippen LogP contribution in [0.4, 0.5) is 0 Å². The fraction of sp³-hybridized carbons (Fsp3) is 0.500. The first-order valence-corrected chi connectivity index (χ1v) is 3.37. The van der Waals surface area contributed by atoms with Crippen molar-refractivity contribution in [3.63, 3.8) is 0 Å². The molecule has 0 aromatic heterocycles. The summed E-state index contributed by atoms with van der Waals surface area (Å²) in [6.45, 7) is 0. The Morgan fingerprint density at radius 3 is 2.88 bits per heavy atom. The Labute approximate surface area is 51.3 Å². The van der Waals surface area contributed by atoms with E-state index in [0.717, 1.165) is 0 Å². The second-order valence-corrected chi connectivity index (χ2v) is 2.40. The summed E-state index contributed by atoms with van der Waals surface area (Å²) in [4.78, 5) is 14.1. The third-order valence-corrected chi connectivity index (χ3v) is 1.66. The van der Waals surface area contributed by atoms with Gasteiger partial charge < -0.3 is 5.73 Å². The molecular formula is C4H6N2OS. The lowest BCUT2D eigenvalue weighted by Gasteiger charge is -1.85. The minimum Gasteiger partial charge on any atom is -0.365 e. The number of rotatable bonds is 1. The third-order valence-electron chi connectivity index (χ3n) is 0.870. The maximum Gasteiger partial charge on any atom is 0.263 e. The first-order valence-electron chi connectivity index (χ1n) is 2.21. The van der Waals surface area contributed by atoms with Gasteiger partial charge >= 0.3 is 0 Å². The van der Waals surface area contributed by atoms with Crippen molar-refractivity contribution in [2.24, 2.45) is 10.7 Å². The molecule has 44 valence electrons. The van der Waals surface area contributed by atoms with Crippen molar-refractivity contribution in [3.05, 3.63) is 0 Å². The van der Waals surface area contributed by atoms with Gasteiger partial charge in [0.1, 0.15) is 5.71 Å². The number of aliphatic imine (C=N–C) groups is 1. The topological polar surface area (TPSA) is 55.5 Å². The maximum atomic E-state index is 10.3. The number of carbonyl (C=O) groups excluding carboxylic acids is 1. The lowest BCUT2D eigenvalue weighted by molar-refractivity contribution is -0.112. The minimum atomic E-state index is -0.380. The van der Waals surface area contributed by atoms with E-state index in [0.29, 0.717) is 17.3 Å². The van der Waals surface area contributed by atoms with Crippen molar-refractivity contribution in [1.29, 1.82) is 0 Å². The van der Waals surface area contributed by atoms with Gasteiger partial charge in [-0.25, -0.2) is 0 Å². The molecule has 0 aromatic carbocycles. The number of nitrogens with two attached hydrogens (primary N) is 1. The Bertz CT molecular complexity index is 143. The number of amides is 1. The smallest absolute Gasteiger partial charge is 0.263 e. The molecule has 8 heavy (non-hydrogen) atoms. The fourth-order valence-corrected chi connectivity index (χ4v) is 1.23. The summed E-state index contributed by atoms with van der Waals surface area (Å²) in [6, 6.07) is 0. The molecule has 0 aliphatic carbocycles. The summed E-state index contributed by atoms with van der Waals surface area (Å²) < 4.78 is 0. The van der Waals surface area contributed by atoms with Crippen LogP contribution in [0.1, 0.15) is 0 Å². The lowest BCUT2D eigenvalue weighted by Crippen LogP contribution is -2.23. The van der Waals surface area contributed by atoms with Gasteiger partial charge in [0.25, 0.3) is 5.91 Å². The van der Waals surface area contributed by atoms with Crippen LogP contribution in [0.5, 0.6) is 0 Å². The van der Waals surface area contributed by atoms with Gasteiger partial charge in [0, 0.05) is 5.75 Å². The number of hydrogen-bond acceptors (Lipinski definition) is 3. The fourth-order valence-electron chi connectivity index (χ4n) is 0.461. The Balaban J connectivity index is 2.57. The summed E-state index contributed by atoms with van der Waals surface area (Å²) in [6.07, 6.45) is 0. The van der Waals surface area contributed by atoms with Crippen molar-refractivity contribution in [1.82, 2.24) is 0 Å². The molecule has 1 amide bonds. The van der Waals surface area contributed by atoms with Gasteiger partial charge in [-0.05, 0) is 0 Å². The molecule has 4 heteroatoms. The van der Waals surface area contributed by atoms with Crippen LogP contribution in [0.25, 0.3) is 0 Å². The molecule has 0 bridgehead atoms. The zero-order chi connectivity index (χ0) is 5.98. The van der Waals surface area contributed by atoms with E-state index in [9.17, 15) is 4.79 Å². The van der Waals surface area contributed by atoms with Crippen LogP contribution in [-0.4, -0.2) is 23.2 Å². The zero-order valence-electron chi connectivity index (χ0n) is 4.26. The van der Waals surface area contributed by atoms with Crippen LogP contribution >= 0.6 is 11.8 Å². The molecule has 0 saturated carbocycles. The third kappa shape index (κ3) is 1.01. The van der Waals surface area contributed by atoms with Crippen LogP contribution in [-0.2, 0) is 4.79 Å². The van der Waals surface area contributed by atoms with Crippen molar-refractivity contribution >= 4 is 23.4 Å². The summed E-state index contributed by atoms with van der Waals surface area (Å²) in [5, 5.41) is 0. The number of thioether (sulfide) groups is 1. The van der Waals surface area contributed by atoms with Gasteiger partial charge in [-0.1, -0.05) is 0 Å². The van der Waals surface area contributed by atoms with Crippen LogP contribution in [0.3, 0.4) is 0 Å². The lowest BCUT2D eigenvalue weighted by atomic mass is 10.4. The Kier molecular flexibility index (Phi) is 1.53. The van der Waals surface area contributed by atoms with Gasteiger partial charge in [0.2, 0.25) is 0 Å². The second kappa shape index (κ2) is 2.17. The average molecular weight is 130 g/mol. The van der Waals surface area contributed by atoms with E-state index in [4.69, 9.17) is 5.73 Å². The van der Waals surface area contributed by atoms with Gasteiger partial charge in [-0.2, -0.15) is 0 Å². The Hall–Kier alpha value is -0.510. The van der Waals surface area contributed by atoms with Gasteiger partial charge in [-0.15, -0.1) is 11.8 Å². The average Bonchev–Trinajstić information content (AvgIpc) is 2.12. The number of hydrogen-bond donors (Lipinski definition) is 1. The molecular weight excluding hydrogens is 124 g/mol. The van der Waals surface area contributed by atoms with Crippen molar-refractivity contribution < 1.29 is 4.79 Å². The molecule has 0 unspecified atom stereocenters. The van der Waals surface area contributed by atoms with E-state index in [1.54, 1.807) is 11.8 Å². The molecule has 0 fully saturated rings. The number of nitrogens with zero attached hydrogens (tertiary/aromatic N) is 1. The van der Waals surface area contributed by atoms with Crippen LogP contribution in [0.15, 0.2) is 4.99 Å². The van der Waals surface area contributed by atoms with E-state index in [-0.39, 0.29) is 5.91 Å². The highest BCUT2D eigenvalue weighted by Gasteiger charge is 2.10. The largest absolute Gasteiger partial charge is 0.365 e. The SMILES string of the molecule is NC(=O)C1=NCSC1. The first kappa shape index (κ1) is 5.62. The quantitative estimate of drug-likeness (QED) is 0.526. The molecule has 0 saturated heterocycles. The van der Waals surface area contributed by atoms with Crippen molar-refractivity contribution in [3.8, 4) is 0 Å². The van der Waals surface area contributed by atoms with E-state index in [1.807, 2.05) is 0 Å². The van der Waals surface area contributed by atoms with Crippen LogP contribution < -0.4 is 5.73 Å². The Morgan fingerprint density at radius 2 is 2.62 bits per heavy atom. The molecule has 0 atom stereocenters.